The number of piperazine rings is 1. The Morgan fingerprint density at radius 3 is 2.46 bits per heavy atom. The van der Waals surface area contributed by atoms with E-state index >= 15 is 0 Å². The van der Waals surface area contributed by atoms with Crippen LogP contribution in [0.2, 0.25) is 0 Å². The molecule has 3 aromatic rings. The maximum Gasteiger partial charge on any atom is 0.409 e. The summed E-state index contributed by atoms with van der Waals surface area (Å²) < 4.78 is 29.6. The van der Waals surface area contributed by atoms with Crippen LogP contribution in [0.15, 0.2) is 42.5 Å². The number of halogens is 1. The summed E-state index contributed by atoms with van der Waals surface area (Å²) in [5.41, 5.74) is 2.67. The van der Waals surface area contributed by atoms with Crippen LogP contribution in [0.5, 0.6) is 11.5 Å². The predicted molar refractivity (Wildman–Crippen MR) is 133 cm³/mol. The zero-order valence-electron chi connectivity index (χ0n) is 20.3. The number of nitrogens with one attached hydrogen (secondary N) is 1. The molecular formula is C26H31FN4O4. The third kappa shape index (κ3) is 5.74. The van der Waals surface area contributed by atoms with Crippen LogP contribution in [0.4, 0.5) is 15.0 Å². The molecule has 1 fully saturated rings. The molecular weight excluding hydrogens is 451 g/mol. The van der Waals surface area contributed by atoms with Crippen LogP contribution in [0.25, 0.3) is 10.9 Å². The fourth-order valence-electron chi connectivity index (χ4n) is 4.24. The molecule has 9 heteroatoms. The fraction of sp³-hybridized carbons (Fsp3) is 0.385. The van der Waals surface area contributed by atoms with Gasteiger partial charge in [0.1, 0.15) is 11.6 Å². The van der Waals surface area contributed by atoms with Crippen LogP contribution in [0.1, 0.15) is 18.1 Å². The number of fused-ring (bicyclic) bond motifs is 1. The molecule has 0 radical (unpaired) electrons. The summed E-state index contributed by atoms with van der Waals surface area (Å²) in [5.74, 6) is 1.84. The number of carbonyl (C=O) groups is 1. The number of hydrogen-bond acceptors (Lipinski definition) is 7. The van der Waals surface area contributed by atoms with Gasteiger partial charge in [-0.3, -0.25) is 0 Å². The molecule has 1 saturated heterocycles. The molecule has 2 heterocycles. The molecule has 0 saturated carbocycles. The van der Waals surface area contributed by atoms with Gasteiger partial charge in [0.25, 0.3) is 0 Å². The quantitative estimate of drug-likeness (QED) is 0.521. The Bertz CT molecular complexity index is 1180. The summed E-state index contributed by atoms with van der Waals surface area (Å²) in [6, 6.07) is 12.4. The summed E-state index contributed by atoms with van der Waals surface area (Å²) in [6.07, 6.45) is -0.285. The van der Waals surface area contributed by atoms with Gasteiger partial charge in [0.05, 0.1) is 26.3 Å². The standard InChI is InChI=1S/C26H31FN4O4/c1-4-35-26(32)31-10-8-30(9-11-31)25-20(17-28-16-18-6-5-7-21(27)12-18)13-19-14-23(33-2)24(34-3)15-22(19)29-25/h5-7,12-15,28H,4,8-11,16-17H2,1-3H3. The van der Waals surface area contributed by atoms with E-state index in [1.54, 1.807) is 32.1 Å². The Balaban J connectivity index is 1.60. The topological polar surface area (TPSA) is 76.2 Å². The number of aromatic nitrogens is 1. The second-order valence-corrected chi connectivity index (χ2v) is 8.28. The molecule has 4 rings (SSSR count). The van der Waals surface area contributed by atoms with Crippen molar-refractivity contribution >= 4 is 22.8 Å². The van der Waals surface area contributed by atoms with Crippen LogP contribution in [0, 0.1) is 5.82 Å². The van der Waals surface area contributed by atoms with Crippen LogP contribution in [-0.2, 0) is 17.8 Å². The summed E-state index contributed by atoms with van der Waals surface area (Å²) >= 11 is 0. The number of anilines is 1. The first-order valence-electron chi connectivity index (χ1n) is 11.7. The normalized spacial score (nSPS) is 13.7. The van der Waals surface area contributed by atoms with Crippen molar-refractivity contribution in [3.8, 4) is 11.5 Å². The van der Waals surface area contributed by atoms with Crippen LogP contribution in [0.3, 0.4) is 0 Å². The first-order valence-corrected chi connectivity index (χ1v) is 11.7. The van der Waals surface area contributed by atoms with Gasteiger partial charge in [-0.05, 0) is 36.8 Å². The van der Waals surface area contributed by atoms with E-state index in [-0.39, 0.29) is 11.9 Å². The Hall–Kier alpha value is -3.59. The molecule has 1 N–H and O–H groups in total. The van der Waals surface area contributed by atoms with Crippen LogP contribution >= 0.6 is 0 Å². The highest BCUT2D eigenvalue weighted by Crippen LogP contribution is 2.34. The number of benzene rings is 2. The number of nitrogens with zero attached hydrogens (tertiary/aromatic N) is 3. The van der Waals surface area contributed by atoms with Crippen molar-refractivity contribution in [2.24, 2.45) is 0 Å². The lowest BCUT2D eigenvalue weighted by Gasteiger charge is -2.35. The molecule has 0 bridgehead atoms. The van der Waals surface area contributed by atoms with E-state index in [0.29, 0.717) is 57.4 Å². The molecule has 1 aromatic heterocycles. The summed E-state index contributed by atoms with van der Waals surface area (Å²) in [7, 11) is 3.21. The van der Waals surface area contributed by atoms with Gasteiger partial charge in [0, 0.05) is 56.3 Å². The van der Waals surface area contributed by atoms with Crippen molar-refractivity contribution in [3.63, 3.8) is 0 Å². The number of pyridine rings is 1. The van der Waals surface area contributed by atoms with E-state index in [4.69, 9.17) is 19.2 Å². The Morgan fingerprint density at radius 1 is 1.03 bits per heavy atom. The summed E-state index contributed by atoms with van der Waals surface area (Å²) in [6.45, 7) is 5.63. The molecule has 0 atom stereocenters. The van der Waals surface area contributed by atoms with Gasteiger partial charge in [-0.15, -0.1) is 0 Å². The molecule has 0 unspecified atom stereocenters. The third-order valence-corrected chi connectivity index (χ3v) is 6.01. The fourth-order valence-corrected chi connectivity index (χ4v) is 4.24. The number of amides is 1. The molecule has 0 spiro atoms. The van der Waals surface area contributed by atoms with Crippen molar-refractivity contribution in [3.05, 3.63) is 59.4 Å². The zero-order valence-corrected chi connectivity index (χ0v) is 20.3. The minimum atomic E-state index is -0.285. The van der Waals surface area contributed by atoms with Crippen molar-refractivity contribution in [1.82, 2.24) is 15.2 Å². The molecule has 2 aromatic carbocycles. The molecule has 1 aliphatic heterocycles. The number of hydrogen-bond donors (Lipinski definition) is 1. The number of ether oxygens (including phenoxy) is 3. The maximum absolute atomic E-state index is 13.6. The van der Waals surface area contributed by atoms with Gasteiger partial charge in [-0.1, -0.05) is 12.1 Å². The number of carbonyl (C=O) groups excluding carboxylic acids is 1. The van der Waals surface area contributed by atoms with E-state index in [9.17, 15) is 9.18 Å². The maximum atomic E-state index is 13.6. The monoisotopic (exact) mass is 482 g/mol. The first-order chi connectivity index (χ1) is 17.0. The highest BCUT2D eigenvalue weighted by molar-refractivity contribution is 5.85. The Labute approximate surface area is 204 Å². The summed E-state index contributed by atoms with van der Waals surface area (Å²) in [4.78, 5) is 21.0. The molecule has 35 heavy (non-hydrogen) atoms. The molecule has 186 valence electrons. The highest BCUT2D eigenvalue weighted by atomic mass is 19.1. The van der Waals surface area contributed by atoms with Gasteiger partial charge >= 0.3 is 6.09 Å². The van der Waals surface area contributed by atoms with Crippen molar-refractivity contribution in [2.45, 2.75) is 20.0 Å². The van der Waals surface area contributed by atoms with E-state index < -0.39 is 0 Å². The van der Waals surface area contributed by atoms with E-state index in [2.05, 4.69) is 16.3 Å². The molecule has 1 aliphatic rings. The number of methoxy groups -OCH3 is 2. The second kappa shape index (κ2) is 11.2. The van der Waals surface area contributed by atoms with Gasteiger partial charge in [0.2, 0.25) is 0 Å². The summed E-state index contributed by atoms with van der Waals surface area (Å²) in [5, 5.41) is 4.34. The lowest BCUT2D eigenvalue weighted by Crippen LogP contribution is -2.49. The second-order valence-electron chi connectivity index (χ2n) is 8.28. The molecule has 0 aliphatic carbocycles. The minimum Gasteiger partial charge on any atom is -0.493 e. The zero-order chi connectivity index (χ0) is 24.8. The first kappa shape index (κ1) is 24.5. The largest absolute Gasteiger partial charge is 0.493 e. The van der Waals surface area contributed by atoms with Gasteiger partial charge in [-0.25, -0.2) is 14.2 Å². The van der Waals surface area contributed by atoms with Gasteiger partial charge in [-0.2, -0.15) is 0 Å². The smallest absolute Gasteiger partial charge is 0.409 e. The Kier molecular flexibility index (Phi) is 7.87. The van der Waals surface area contributed by atoms with Crippen molar-refractivity contribution < 1.29 is 23.4 Å². The SMILES string of the molecule is CCOC(=O)N1CCN(c2nc3cc(OC)c(OC)cc3cc2CNCc2cccc(F)c2)CC1. The lowest BCUT2D eigenvalue weighted by molar-refractivity contribution is 0.105. The molecule has 1 amide bonds. The predicted octanol–water partition coefficient (Wildman–Crippen LogP) is 3.96. The van der Waals surface area contributed by atoms with Crippen molar-refractivity contribution in [1.29, 1.82) is 0 Å². The third-order valence-electron chi connectivity index (χ3n) is 6.01. The van der Waals surface area contributed by atoms with Gasteiger partial charge < -0.3 is 29.3 Å². The molecule has 8 nitrogen and oxygen atoms in total. The minimum absolute atomic E-state index is 0.252. The Morgan fingerprint density at radius 2 is 1.77 bits per heavy atom. The number of rotatable bonds is 8. The average molecular weight is 483 g/mol. The van der Waals surface area contributed by atoms with E-state index in [0.717, 1.165) is 27.8 Å². The van der Waals surface area contributed by atoms with E-state index in [1.165, 1.54) is 12.1 Å². The van der Waals surface area contributed by atoms with Gasteiger partial charge in [0.15, 0.2) is 11.5 Å². The van der Waals surface area contributed by atoms with Crippen molar-refractivity contribution in [2.75, 3.05) is 51.9 Å². The van der Waals surface area contributed by atoms with Crippen LogP contribution in [-0.4, -0.2) is 63.0 Å². The van der Waals surface area contributed by atoms with E-state index in [1.807, 2.05) is 18.2 Å². The van der Waals surface area contributed by atoms with Crippen LogP contribution < -0.4 is 19.7 Å². The average Bonchev–Trinajstić information content (AvgIpc) is 2.87. The highest BCUT2D eigenvalue weighted by Gasteiger charge is 2.25. The lowest BCUT2D eigenvalue weighted by atomic mass is 10.1.